The first-order valence-electron chi connectivity index (χ1n) is 8.73. The molecule has 0 N–H and O–H groups in total. The molecule has 4 rings (SSSR count). The number of carbonyl (C=O) groups excluding carboxylic acids is 1. The molecular weight excluding hydrogens is 383 g/mol. The molecule has 0 spiro atoms. The fourth-order valence-electron chi connectivity index (χ4n) is 3.26. The summed E-state index contributed by atoms with van der Waals surface area (Å²) in [7, 11) is 0. The van der Waals surface area contributed by atoms with E-state index in [1.165, 1.54) is 18.2 Å². The number of benzene rings is 3. The van der Waals surface area contributed by atoms with Gasteiger partial charge in [-0.2, -0.15) is 0 Å². The SMILES string of the molecule is O=C=NCCc1ccc2c(ccc3c2ncn3-c2ccc(OC(F)(F)F)cc2)c1. The molecule has 0 aliphatic heterocycles. The summed E-state index contributed by atoms with van der Waals surface area (Å²) in [4.78, 5) is 18.3. The Morgan fingerprint density at radius 2 is 1.86 bits per heavy atom. The lowest BCUT2D eigenvalue weighted by atomic mass is 10.0. The summed E-state index contributed by atoms with van der Waals surface area (Å²) in [6.45, 7) is 0.389. The number of aromatic nitrogens is 2. The second-order valence-electron chi connectivity index (χ2n) is 6.37. The van der Waals surface area contributed by atoms with Crippen molar-refractivity contribution in [3.63, 3.8) is 0 Å². The Bertz CT molecular complexity index is 1220. The normalized spacial score (nSPS) is 11.6. The summed E-state index contributed by atoms with van der Waals surface area (Å²) >= 11 is 0. The number of isocyanates is 1. The van der Waals surface area contributed by atoms with Crippen LogP contribution in [0.2, 0.25) is 0 Å². The van der Waals surface area contributed by atoms with Gasteiger partial charge in [0.2, 0.25) is 6.08 Å². The average Bonchev–Trinajstić information content (AvgIpc) is 3.12. The number of rotatable bonds is 5. The third kappa shape index (κ3) is 3.97. The zero-order valence-corrected chi connectivity index (χ0v) is 15.0. The maximum atomic E-state index is 12.3. The van der Waals surface area contributed by atoms with Crippen molar-refractivity contribution >= 4 is 27.9 Å². The summed E-state index contributed by atoms with van der Waals surface area (Å²) in [5.74, 6) is -0.275. The van der Waals surface area contributed by atoms with Gasteiger partial charge in [0, 0.05) is 11.1 Å². The highest BCUT2D eigenvalue weighted by Gasteiger charge is 2.31. The molecule has 4 aromatic rings. The van der Waals surface area contributed by atoms with E-state index in [1.54, 1.807) is 23.0 Å². The van der Waals surface area contributed by atoms with Gasteiger partial charge in [0.05, 0.1) is 17.6 Å². The first kappa shape index (κ1) is 18.7. The molecule has 29 heavy (non-hydrogen) atoms. The maximum Gasteiger partial charge on any atom is 0.573 e. The molecule has 0 radical (unpaired) electrons. The molecule has 0 bridgehead atoms. The molecule has 3 aromatic carbocycles. The van der Waals surface area contributed by atoms with Crippen molar-refractivity contribution in [3.8, 4) is 11.4 Å². The van der Waals surface area contributed by atoms with Crippen molar-refractivity contribution in [2.24, 2.45) is 4.99 Å². The van der Waals surface area contributed by atoms with Gasteiger partial charge in [-0.1, -0.05) is 24.3 Å². The van der Waals surface area contributed by atoms with E-state index in [2.05, 4.69) is 14.7 Å². The number of imidazole rings is 1. The van der Waals surface area contributed by atoms with Gasteiger partial charge in [-0.15, -0.1) is 13.2 Å². The number of hydrogen-bond donors (Lipinski definition) is 0. The summed E-state index contributed by atoms with van der Waals surface area (Å²) in [5, 5.41) is 1.96. The minimum Gasteiger partial charge on any atom is -0.406 e. The van der Waals surface area contributed by atoms with Gasteiger partial charge in [0.25, 0.3) is 0 Å². The summed E-state index contributed by atoms with van der Waals surface area (Å²) < 4.78 is 42.7. The molecule has 0 fully saturated rings. The zero-order valence-electron chi connectivity index (χ0n) is 15.0. The highest BCUT2D eigenvalue weighted by molar-refractivity contribution is 6.04. The third-order valence-electron chi connectivity index (χ3n) is 4.52. The lowest BCUT2D eigenvalue weighted by Gasteiger charge is -2.10. The molecule has 0 unspecified atom stereocenters. The van der Waals surface area contributed by atoms with Crippen LogP contribution in [-0.4, -0.2) is 28.5 Å². The molecule has 1 aromatic heterocycles. The highest BCUT2D eigenvalue weighted by atomic mass is 19.4. The molecule has 0 saturated heterocycles. The highest BCUT2D eigenvalue weighted by Crippen LogP contribution is 2.29. The Morgan fingerprint density at radius 1 is 1.07 bits per heavy atom. The van der Waals surface area contributed by atoms with Crippen molar-refractivity contribution in [2.75, 3.05) is 6.54 Å². The predicted molar refractivity (Wildman–Crippen MR) is 102 cm³/mol. The molecule has 0 aliphatic carbocycles. The molecule has 1 heterocycles. The standard InChI is InChI=1S/C21H14F3N3O2/c22-21(23,24)29-17-5-3-16(4-6-17)27-12-26-20-18-7-1-14(9-10-25-13-28)11-15(18)2-8-19(20)27/h1-8,11-12H,9-10H2. The molecule has 0 atom stereocenters. The summed E-state index contributed by atoms with van der Waals surface area (Å²) in [6.07, 6.45) is -0.913. The van der Waals surface area contributed by atoms with Crippen LogP contribution in [0.15, 0.2) is 65.9 Å². The minimum absolute atomic E-state index is 0.275. The van der Waals surface area contributed by atoms with Crippen molar-refractivity contribution in [1.29, 1.82) is 0 Å². The number of ether oxygens (including phenoxy) is 1. The van der Waals surface area contributed by atoms with Crippen molar-refractivity contribution in [1.82, 2.24) is 9.55 Å². The van der Waals surface area contributed by atoms with E-state index in [9.17, 15) is 18.0 Å². The fraction of sp³-hybridized carbons (Fsp3) is 0.143. The van der Waals surface area contributed by atoms with Crippen molar-refractivity contribution in [3.05, 3.63) is 66.5 Å². The van der Waals surface area contributed by atoms with Gasteiger partial charge >= 0.3 is 6.36 Å². The van der Waals surface area contributed by atoms with Crippen molar-refractivity contribution < 1.29 is 22.7 Å². The maximum absolute atomic E-state index is 12.3. The van der Waals surface area contributed by atoms with Crippen LogP contribution in [0.3, 0.4) is 0 Å². The second kappa shape index (κ2) is 7.41. The molecule has 0 amide bonds. The van der Waals surface area contributed by atoms with Crippen molar-refractivity contribution in [2.45, 2.75) is 12.8 Å². The van der Waals surface area contributed by atoms with E-state index in [-0.39, 0.29) is 5.75 Å². The minimum atomic E-state index is -4.72. The van der Waals surface area contributed by atoms with Crippen LogP contribution in [0.4, 0.5) is 13.2 Å². The largest absolute Gasteiger partial charge is 0.573 e. The van der Waals surface area contributed by atoms with Gasteiger partial charge in [-0.05, 0) is 47.7 Å². The number of fused-ring (bicyclic) bond motifs is 3. The number of alkyl halides is 3. The van der Waals surface area contributed by atoms with Gasteiger partial charge in [-0.3, -0.25) is 4.57 Å². The fourth-order valence-corrected chi connectivity index (χ4v) is 3.26. The van der Waals surface area contributed by atoms with Gasteiger partial charge < -0.3 is 4.74 Å². The summed E-state index contributed by atoms with van der Waals surface area (Å²) in [6, 6.07) is 15.5. The van der Waals surface area contributed by atoms with E-state index in [4.69, 9.17) is 0 Å². The van der Waals surface area contributed by atoms with Crippen LogP contribution >= 0.6 is 0 Å². The van der Waals surface area contributed by atoms with E-state index in [0.29, 0.717) is 18.7 Å². The zero-order chi connectivity index (χ0) is 20.4. The van der Waals surface area contributed by atoms with E-state index in [1.807, 2.05) is 30.3 Å². The van der Waals surface area contributed by atoms with E-state index >= 15 is 0 Å². The van der Waals surface area contributed by atoms with Gasteiger partial charge in [-0.25, -0.2) is 14.8 Å². The third-order valence-corrected chi connectivity index (χ3v) is 4.52. The number of nitrogens with zero attached hydrogens (tertiary/aromatic N) is 3. The Balaban J connectivity index is 1.68. The van der Waals surface area contributed by atoms with Crippen LogP contribution in [0.5, 0.6) is 5.75 Å². The summed E-state index contributed by atoms with van der Waals surface area (Å²) in [5.41, 5.74) is 3.34. The van der Waals surface area contributed by atoms with E-state index < -0.39 is 6.36 Å². The molecule has 146 valence electrons. The number of hydrogen-bond acceptors (Lipinski definition) is 4. The lowest BCUT2D eigenvalue weighted by molar-refractivity contribution is -0.274. The molecule has 8 heteroatoms. The van der Waals surface area contributed by atoms with Gasteiger partial charge in [0.1, 0.15) is 12.1 Å². The predicted octanol–water partition coefficient (Wildman–Crippen LogP) is 4.96. The van der Waals surface area contributed by atoms with Crippen LogP contribution in [-0.2, 0) is 11.2 Å². The van der Waals surface area contributed by atoms with E-state index in [0.717, 1.165) is 27.4 Å². The molecule has 0 saturated carbocycles. The monoisotopic (exact) mass is 397 g/mol. The Morgan fingerprint density at radius 3 is 2.59 bits per heavy atom. The topological polar surface area (TPSA) is 56.5 Å². The van der Waals surface area contributed by atoms with Crippen LogP contribution in [0.25, 0.3) is 27.5 Å². The molecular formula is C21H14F3N3O2. The van der Waals surface area contributed by atoms with Gasteiger partial charge in [0.15, 0.2) is 0 Å². The number of aliphatic imine (C=N–C) groups is 1. The molecule has 0 aliphatic rings. The van der Waals surface area contributed by atoms with Crippen LogP contribution in [0.1, 0.15) is 5.56 Å². The second-order valence-corrected chi connectivity index (χ2v) is 6.37. The Hall–Kier alpha value is -3.64. The molecule has 5 nitrogen and oxygen atoms in total. The average molecular weight is 397 g/mol. The van der Waals surface area contributed by atoms with Crippen LogP contribution < -0.4 is 4.74 Å². The Kier molecular flexibility index (Phi) is 4.78. The first-order chi connectivity index (χ1) is 13.9. The smallest absolute Gasteiger partial charge is 0.406 e. The van der Waals surface area contributed by atoms with Crippen LogP contribution in [0, 0.1) is 0 Å². The lowest BCUT2D eigenvalue weighted by Crippen LogP contribution is -2.17. The number of halogens is 3. The quantitative estimate of drug-likeness (QED) is 0.353. The first-order valence-corrected chi connectivity index (χ1v) is 8.73. The Labute approximate surface area is 163 Å².